The number of nitriles is 1. The van der Waals surface area contributed by atoms with Gasteiger partial charge in [-0.25, -0.2) is 0 Å². The van der Waals surface area contributed by atoms with E-state index in [1.54, 1.807) is 11.9 Å². The zero-order chi connectivity index (χ0) is 15.0. The SMILES string of the molecule is CCCn1c(CN)nnc1SCC(=O)N(C)CCC#N. The topological polar surface area (TPSA) is 101 Å². The van der Waals surface area contributed by atoms with Crippen molar-refractivity contribution in [3.8, 4) is 6.07 Å². The van der Waals surface area contributed by atoms with E-state index < -0.39 is 0 Å². The lowest BCUT2D eigenvalue weighted by molar-refractivity contribution is -0.127. The molecule has 7 nitrogen and oxygen atoms in total. The van der Waals surface area contributed by atoms with Crippen LogP contribution in [0.5, 0.6) is 0 Å². The zero-order valence-electron chi connectivity index (χ0n) is 11.9. The van der Waals surface area contributed by atoms with Crippen LogP contribution >= 0.6 is 11.8 Å². The second-order valence-electron chi connectivity index (χ2n) is 4.27. The van der Waals surface area contributed by atoms with Gasteiger partial charge in [0, 0.05) is 20.1 Å². The van der Waals surface area contributed by atoms with Gasteiger partial charge in [-0.1, -0.05) is 18.7 Å². The van der Waals surface area contributed by atoms with Crippen LogP contribution in [0, 0.1) is 11.3 Å². The summed E-state index contributed by atoms with van der Waals surface area (Å²) in [5, 5.41) is 17.3. The molecule has 0 aliphatic heterocycles. The molecular formula is C12H20N6OS. The maximum Gasteiger partial charge on any atom is 0.232 e. The first-order valence-corrected chi connectivity index (χ1v) is 7.48. The maximum atomic E-state index is 11.9. The predicted molar refractivity (Wildman–Crippen MR) is 76.8 cm³/mol. The molecule has 1 amide bonds. The molecule has 0 aliphatic rings. The fraction of sp³-hybridized carbons (Fsp3) is 0.667. The number of rotatable bonds is 8. The summed E-state index contributed by atoms with van der Waals surface area (Å²) in [4.78, 5) is 13.4. The number of amides is 1. The summed E-state index contributed by atoms with van der Waals surface area (Å²) in [6.07, 6.45) is 1.30. The van der Waals surface area contributed by atoms with Gasteiger partial charge >= 0.3 is 0 Å². The Labute approximate surface area is 123 Å². The first-order chi connectivity index (χ1) is 9.63. The second kappa shape index (κ2) is 8.55. The predicted octanol–water partition coefficient (Wildman–Crippen LogP) is 0.611. The summed E-state index contributed by atoms with van der Waals surface area (Å²) in [6, 6.07) is 2.02. The number of aromatic nitrogens is 3. The van der Waals surface area contributed by atoms with E-state index in [1.807, 2.05) is 10.6 Å². The Balaban J connectivity index is 2.59. The monoisotopic (exact) mass is 296 g/mol. The Hall–Kier alpha value is -1.59. The van der Waals surface area contributed by atoms with E-state index >= 15 is 0 Å². The molecule has 110 valence electrons. The van der Waals surface area contributed by atoms with Crippen LogP contribution in [0.4, 0.5) is 0 Å². The highest BCUT2D eigenvalue weighted by Crippen LogP contribution is 2.17. The van der Waals surface area contributed by atoms with Gasteiger partial charge in [-0.15, -0.1) is 10.2 Å². The molecule has 0 saturated carbocycles. The molecule has 0 fully saturated rings. The van der Waals surface area contributed by atoms with E-state index in [-0.39, 0.29) is 11.7 Å². The summed E-state index contributed by atoms with van der Waals surface area (Å²) in [6.45, 7) is 3.64. The number of nitrogens with two attached hydrogens (primary N) is 1. The molecular weight excluding hydrogens is 276 g/mol. The smallest absolute Gasteiger partial charge is 0.232 e. The summed E-state index contributed by atoms with van der Waals surface area (Å²) in [5.74, 6) is 0.999. The lowest BCUT2D eigenvalue weighted by atomic mass is 10.4. The lowest BCUT2D eigenvalue weighted by Crippen LogP contribution is -2.29. The fourth-order valence-corrected chi connectivity index (χ4v) is 2.53. The molecule has 1 rings (SSSR count). The number of hydrogen-bond donors (Lipinski definition) is 1. The standard InChI is InChI=1S/C12H20N6OS/c1-3-6-18-10(8-14)15-16-12(18)20-9-11(19)17(2)7-4-5-13/h3-4,6-9,14H2,1-2H3. The highest BCUT2D eigenvalue weighted by Gasteiger charge is 2.14. The van der Waals surface area contributed by atoms with Crippen LogP contribution in [0.1, 0.15) is 25.6 Å². The molecule has 0 saturated heterocycles. The summed E-state index contributed by atoms with van der Waals surface area (Å²) in [5.41, 5.74) is 5.61. The van der Waals surface area contributed by atoms with E-state index in [0.29, 0.717) is 24.7 Å². The molecule has 1 aromatic heterocycles. The minimum Gasteiger partial charge on any atom is -0.344 e. The molecule has 0 bridgehead atoms. The van der Waals surface area contributed by atoms with Crippen LogP contribution in [0.2, 0.25) is 0 Å². The van der Waals surface area contributed by atoms with Crippen molar-refractivity contribution in [2.75, 3.05) is 19.3 Å². The largest absolute Gasteiger partial charge is 0.344 e. The van der Waals surface area contributed by atoms with Crippen LogP contribution in [0.15, 0.2) is 5.16 Å². The molecule has 8 heteroatoms. The third kappa shape index (κ3) is 4.51. The van der Waals surface area contributed by atoms with E-state index in [0.717, 1.165) is 18.8 Å². The van der Waals surface area contributed by atoms with Crippen molar-refractivity contribution in [3.63, 3.8) is 0 Å². The minimum absolute atomic E-state index is 0.0226. The van der Waals surface area contributed by atoms with E-state index in [2.05, 4.69) is 17.1 Å². The molecule has 0 aromatic carbocycles. The minimum atomic E-state index is -0.0226. The normalized spacial score (nSPS) is 10.3. The molecule has 0 atom stereocenters. The third-order valence-corrected chi connectivity index (χ3v) is 3.68. The summed E-state index contributed by atoms with van der Waals surface area (Å²) in [7, 11) is 1.70. The molecule has 0 spiro atoms. The molecule has 0 radical (unpaired) electrons. The highest BCUT2D eigenvalue weighted by molar-refractivity contribution is 7.99. The fourth-order valence-electron chi connectivity index (χ4n) is 1.60. The molecule has 0 unspecified atom stereocenters. The van der Waals surface area contributed by atoms with Gasteiger partial charge in [0.15, 0.2) is 5.16 Å². The molecule has 1 aromatic rings. The molecule has 0 aliphatic carbocycles. The van der Waals surface area contributed by atoms with E-state index in [4.69, 9.17) is 11.0 Å². The first kappa shape index (κ1) is 16.5. The van der Waals surface area contributed by atoms with Crippen molar-refractivity contribution in [2.45, 2.75) is 38.0 Å². The Bertz CT molecular complexity index is 481. The van der Waals surface area contributed by atoms with Crippen LogP contribution in [0.25, 0.3) is 0 Å². The Kier molecular flexibility index (Phi) is 7.04. The second-order valence-corrected chi connectivity index (χ2v) is 5.21. The van der Waals surface area contributed by atoms with Crippen LogP contribution in [0.3, 0.4) is 0 Å². The summed E-state index contributed by atoms with van der Waals surface area (Å²) >= 11 is 1.35. The van der Waals surface area contributed by atoms with Gasteiger partial charge in [0.2, 0.25) is 5.91 Å². The summed E-state index contributed by atoms with van der Waals surface area (Å²) < 4.78 is 1.95. The van der Waals surface area contributed by atoms with E-state index in [1.165, 1.54) is 11.8 Å². The van der Waals surface area contributed by atoms with Gasteiger partial charge in [0.1, 0.15) is 5.82 Å². The van der Waals surface area contributed by atoms with Crippen LogP contribution in [-0.2, 0) is 17.9 Å². The van der Waals surface area contributed by atoms with Crippen molar-refractivity contribution >= 4 is 17.7 Å². The average molecular weight is 296 g/mol. The number of carbonyl (C=O) groups is 1. The van der Waals surface area contributed by atoms with Crippen molar-refractivity contribution in [1.82, 2.24) is 19.7 Å². The van der Waals surface area contributed by atoms with Gasteiger partial charge in [-0.3, -0.25) is 4.79 Å². The Morgan fingerprint density at radius 1 is 1.55 bits per heavy atom. The average Bonchev–Trinajstić information content (AvgIpc) is 2.84. The quantitative estimate of drug-likeness (QED) is 0.705. The molecule has 20 heavy (non-hydrogen) atoms. The van der Waals surface area contributed by atoms with Gasteiger partial charge < -0.3 is 15.2 Å². The number of thioether (sulfide) groups is 1. The number of carbonyl (C=O) groups excluding carboxylic acids is 1. The Morgan fingerprint density at radius 3 is 2.90 bits per heavy atom. The zero-order valence-corrected chi connectivity index (χ0v) is 12.7. The van der Waals surface area contributed by atoms with Crippen LogP contribution in [-0.4, -0.2) is 44.9 Å². The maximum absolute atomic E-state index is 11.9. The number of hydrogen-bond acceptors (Lipinski definition) is 6. The van der Waals surface area contributed by atoms with Crippen LogP contribution < -0.4 is 5.73 Å². The van der Waals surface area contributed by atoms with Crippen molar-refractivity contribution in [1.29, 1.82) is 5.26 Å². The van der Waals surface area contributed by atoms with Crippen molar-refractivity contribution in [2.24, 2.45) is 5.73 Å². The lowest BCUT2D eigenvalue weighted by Gasteiger charge is -2.15. The molecule has 1 heterocycles. The van der Waals surface area contributed by atoms with E-state index in [9.17, 15) is 4.79 Å². The van der Waals surface area contributed by atoms with Gasteiger partial charge in [0.25, 0.3) is 0 Å². The third-order valence-electron chi connectivity index (χ3n) is 2.73. The van der Waals surface area contributed by atoms with Gasteiger partial charge in [-0.2, -0.15) is 5.26 Å². The van der Waals surface area contributed by atoms with Gasteiger partial charge in [-0.05, 0) is 6.42 Å². The Morgan fingerprint density at radius 2 is 2.30 bits per heavy atom. The van der Waals surface area contributed by atoms with Gasteiger partial charge in [0.05, 0.1) is 24.8 Å². The molecule has 2 N–H and O–H groups in total. The van der Waals surface area contributed by atoms with Crippen molar-refractivity contribution in [3.05, 3.63) is 5.82 Å². The van der Waals surface area contributed by atoms with Crippen molar-refractivity contribution < 1.29 is 4.79 Å². The first-order valence-electron chi connectivity index (χ1n) is 6.49. The highest BCUT2D eigenvalue weighted by atomic mass is 32.2. The number of nitrogens with zero attached hydrogens (tertiary/aromatic N) is 5.